The van der Waals surface area contributed by atoms with E-state index in [1.54, 1.807) is 7.11 Å². The van der Waals surface area contributed by atoms with Crippen LogP contribution in [0.2, 0.25) is 10.0 Å². The van der Waals surface area contributed by atoms with Crippen LogP contribution < -0.4 is 5.32 Å². The van der Waals surface area contributed by atoms with E-state index >= 15 is 0 Å². The van der Waals surface area contributed by atoms with Crippen molar-refractivity contribution in [2.75, 3.05) is 20.2 Å². The van der Waals surface area contributed by atoms with Crippen molar-refractivity contribution in [3.8, 4) is 0 Å². The number of ether oxygens (including phenoxy) is 1. The molecule has 1 saturated carbocycles. The van der Waals surface area contributed by atoms with Gasteiger partial charge in [-0.1, -0.05) is 35.3 Å². The number of nitrogens with one attached hydrogen (secondary N) is 1. The highest BCUT2D eigenvalue weighted by atomic mass is 35.5. The first kappa shape index (κ1) is 15.4. The highest BCUT2D eigenvalue weighted by Gasteiger charge is 2.71. The van der Waals surface area contributed by atoms with Crippen molar-refractivity contribution in [3.05, 3.63) is 46.5 Å². The molecule has 1 aromatic rings. The van der Waals surface area contributed by atoms with Gasteiger partial charge in [-0.15, -0.1) is 6.58 Å². The Bertz CT molecular complexity index is 562. The molecule has 0 spiro atoms. The van der Waals surface area contributed by atoms with Crippen molar-refractivity contribution in [1.29, 1.82) is 0 Å². The quantitative estimate of drug-likeness (QED) is 0.819. The predicted octanol–water partition coefficient (Wildman–Crippen LogP) is 4.21. The highest BCUT2D eigenvalue weighted by Crippen LogP contribution is 2.70. The minimum Gasteiger partial charge on any atom is -0.380 e. The SMILES string of the molecule is C=CC[C@H](OC)C12CNCC[C@]1(c1ccc(Cl)c(Cl)c1)C2. The largest absolute Gasteiger partial charge is 0.380 e. The van der Waals surface area contributed by atoms with Crippen LogP contribution in [-0.2, 0) is 10.2 Å². The minimum absolute atomic E-state index is 0.144. The van der Waals surface area contributed by atoms with E-state index in [0.29, 0.717) is 10.0 Å². The van der Waals surface area contributed by atoms with Gasteiger partial charge in [-0.05, 0) is 43.5 Å². The van der Waals surface area contributed by atoms with Crippen LogP contribution in [0, 0.1) is 5.41 Å². The molecular weight excluding hydrogens is 305 g/mol. The van der Waals surface area contributed by atoms with Gasteiger partial charge in [0.15, 0.2) is 0 Å². The average molecular weight is 326 g/mol. The number of piperidine rings is 1. The predicted molar refractivity (Wildman–Crippen MR) is 88.3 cm³/mol. The number of hydrogen-bond acceptors (Lipinski definition) is 2. The summed E-state index contributed by atoms with van der Waals surface area (Å²) in [5.74, 6) is 0. The molecule has 0 bridgehead atoms. The monoisotopic (exact) mass is 325 g/mol. The van der Waals surface area contributed by atoms with Gasteiger partial charge in [0, 0.05) is 24.5 Å². The lowest BCUT2D eigenvalue weighted by molar-refractivity contribution is 0.0237. The van der Waals surface area contributed by atoms with E-state index in [2.05, 4.69) is 18.0 Å². The van der Waals surface area contributed by atoms with Crippen LogP contribution in [-0.4, -0.2) is 26.3 Å². The molecule has 1 saturated heterocycles. The molecule has 1 aliphatic heterocycles. The first-order valence-corrected chi connectivity index (χ1v) is 8.15. The number of halogens is 2. The van der Waals surface area contributed by atoms with E-state index in [9.17, 15) is 0 Å². The minimum atomic E-state index is 0.144. The second-order valence-electron chi connectivity index (χ2n) is 6.22. The van der Waals surface area contributed by atoms with Crippen LogP contribution >= 0.6 is 23.2 Å². The van der Waals surface area contributed by atoms with Gasteiger partial charge in [0.05, 0.1) is 16.1 Å². The van der Waals surface area contributed by atoms with Gasteiger partial charge in [0.2, 0.25) is 0 Å². The summed E-state index contributed by atoms with van der Waals surface area (Å²) in [7, 11) is 1.80. The molecule has 0 aromatic heterocycles. The Kier molecular flexibility index (Phi) is 4.08. The molecule has 2 nitrogen and oxygen atoms in total. The van der Waals surface area contributed by atoms with Crippen LogP contribution in [0.3, 0.4) is 0 Å². The molecule has 0 amide bonds. The van der Waals surface area contributed by atoms with Gasteiger partial charge in [-0.2, -0.15) is 0 Å². The molecule has 2 fully saturated rings. The number of benzene rings is 1. The Morgan fingerprint density at radius 1 is 1.43 bits per heavy atom. The maximum Gasteiger partial charge on any atom is 0.0682 e. The maximum atomic E-state index is 6.24. The molecular formula is C17H21Cl2NO. The van der Waals surface area contributed by atoms with Crippen LogP contribution in [0.1, 0.15) is 24.8 Å². The third-order valence-electron chi connectivity index (χ3n) is 5.37. The molecule has 2 aliphatic rings. The number of fused-ring (bicyclic) bond motifs is 1. The van der Waals surface area contributed by atoms with E-state index < -0.39 is 0 Å². The Morgan fingerprint density at radius 3 is 2.90 bits per heavy atom. The molecule has 4 heteroatoms. The van der Waals surface area contributed by atoms with Gasteiger partial charge in [-0.25, -0.2) is 0 Å². The van der Waals surface area contributed by atoms with E-state index in [-0.39, 0.29) is 16.9 Å². The fourth-order valence-corrected chi connectivity index (χ4v) is 4.54. The smallest absolute Gasteiger partial charge is 0.0682 e. The van der Waals surface area contributed by atoms with Crippen molar-refractivity contribution in [2.45, 2.75) is 30.8 Å². The Hall–Kier alpha value is -0.540. The fourth-order valence-electron chi connectivity index (χ4n) is 4.24. The van der Waals surface area contributed by atoms with Gasteiger partial charge in [-0.3, -0.25) is 0 Å². The zero-order valence-electron chi connectivity index (χ0n) is 12.3. The second-order valence-corrected chi connectivity index (χ2v) is 7.03. The van der Waals surface area contributed by atoms with E-state index in [1.807, 2.05) is 18.2 Å². The molecule has 114 valence electrons. The first-order chi connectivity index (χ1) is 10.1. The topological polar surface area (TPSA) is 21.3 Å². The Morgan fingerprint density at radius 2 is 2.24 bits per heavy atom. The fraction of sp³-hybridized carbons (Fsp3) is 0.529. The Labute approximate surface area is 136 Å². The lowest BCUT2D eigenvalue weighted by Crippen LogP contribution is -2.45. The van der Waals surface area contributed by atoms with Crippen LogP contribution in [0.4, 0.5) is 0 Å². The van der Waals surface area contributed by atoms with Crippen molar-refractivity contribution in [1.82, 2.24) is 5.32 Å². The molecule has 1 aromatic carbocycles. The van der Waals surface area contributed by atoms with Gasteiger partial charge in [0.25, 0.3) is 0 Å². The summed E-state index contributed by atoms with van der Waals surface area (Å²) in [5.41, 5.74) is 1.60. The summed E-state index contributed by atoms with van der Waals surface area (Å²) in [6, 6.07) is 6.08. The van der Waals surface area contributed by atoms with Crippen molar-refractivity contribution in [2.24, 2.45) is 5.41 Å². The standard InChI is InChI=1S/C17H21Cl2NO/c1-3-4-15(21-2)17-10-16(17,7-8-20-11-17)12-5-6-13(18)14(19)9-12/h3,5-6,9,15,20H,1,4,7-8,10-11H2,2H3/t15-,16+,17?/m0/s1. The maximum absolute atomic E-state index is 6.24. The molecule has 21 heavy (non-hydrogen) atoms. The third-order valence-corrected chi connectivity index (χ3v) is 6.11. The summed E-state index contributed by atoms with van der Waals surface area (Å²) >= 11 is 12.3. The van der Waals surface area contributed by atoms with Gasteiger partial charge < -0.3 is 10.1 Å². The van der Waals surface area contributed by atoms with Crippen LogP contribution in [0.25, 0.3) is 0 Å². The molecule has 1 aliphatic carbocycles. The molecule has 0 radical (unpaired) electrons. The molecule has 1 unspecified atom stereocenters. The van der Waals surface area contributed by atoms with E-state index in [4.69, 9.17) is 27.9 Å². The number of methoxy groups -OCH3 is 1. The normalized spacial score (nSPS) is 32.3. The second kappa shape index (κ2) is 5.58. The summed E-state index contributed by atoms with van der Waals surface area (Å²) in [4.78, 5) is 0. The zero-order chi connectivity index (χ0) is 15.1. The summed E-state index contributed by atoms with van der Waals surface area (Å²) in [6.45, 7) is 5.90. The third kappa shape index (κ3) is 2.24. The number of rotatable bonds is 5. The molecule has 3 atom stereocenters. The molecule has 1 heterocycles. The van der Waals surface area contributed by atoms with Crippen LogP contribution in [0.5, 0.6) is 0 Å². The van der Waals surface area contributed by atoms with Gasteiger partial charge >= 0.3 is 0 Å². The average Bonchev–Trinajstić information content (AvgIpc) is 3.19. The van der Waals surface area contributed by atoms with Gasteiger partial charge in [0.1, 0.15) is 0 Å². The van der Waals surface area contributed by atoms with Crippen molar-refractivity contribution in [3.63, 3.8) is 0 Å². The number of hydrogen-bond donors (Lipinski definition) is 1. The van der Waals surface area contributed by atoms with E-state index in [0.717, 1.165) is 32.4 Å². The first-order valence-electron chi connectivity index (χ1n) is 7.39. The summed E-state index contributed by atoms with van der Waals surface area (Å²) in [5, 5.41) is 4.79. The van der Waals surface area contributed by atoms with Crippen molar-refractivity contribution < 1.29 is 4.74 Å². The lowest BCUT2D eigenvalue weighted by Gasteiger charge is -2.36. The summed E-state index contributed by atoms with van der Waals surface area (Å²) in [6.07, 6.45) is 5.27. The van der Waals surface area contributed by atoms with Crippen molar-refractivity contribution >= 4 is 23.2 Å². The zero-order valence-corrected chi connectivity index (χ0v) is 13.8. The Balaban J connectivity index is 1.99. The van der Waals surface area contributed by atoms with Crippen LogP contribution in [0.15, 0.2) is 30.9 Å². The van der Waals surface area contributed by atoms with E-state index in [1.165, 1.54) is 5.56 Å². The molecule has 3 rings (SSSR count). The molecule has 1 N–H and O–H groups in total. The highest BCUT2D eigenvalue weighted by molar-refractivity contribution is 6.42. The lowest BCUT2D eigenvalue weighted by atomic mass is 9.77. The summed E-state index contributed by atoms with van der Waals surface area (Å²) < 4.78 is 5.81.